The van der Waals surface area contributed by atoms with Gasteiger partial charge in [-0.2, -0.15) is 11.8 Å². The van der Waals surface area contributed by atoms with Gasteiger partial charge in [0.2, 0.25) is 0 Å². The van der Waals surface area contributed by atoms with Crippen LogP contribution in [-0.4, -0.2) is 59.5 Å². The number of rotatable bonds is 5. The zero-order valence-corrected chi connectivity index (χ0v) is 19.1. The van der Waals surface area contributed by atoms with Gasteiger partial charge in [0.05, 0.1) is 24.8 Å². The van der Waals surface area contributed by atoms with E-state index in [1.165, 1.54) is 5.56 Å². The number of hydrogen-bond donors (Lipinski definition) is 0. The summed E-state index contributed by atoms with van der Waals surface area (Å²) in [5.41, 5.74) is 3.95. The molecular formula is C25H28N2O3S. The normalized spacial score (nSPS) is 17.5. The number of Topliss-reactive ketones (excluding diaryl/α,β-unsaturated/α-hetero) is 1. The number of methoxy groups -OCH3 is 1. The number of carbonyl (C=O) groups excluding carboxylic acids is 2. The van der Waals surface area contributed by atoms with Crippen LogP contribution in [0.15, 0.2) is 47.5 Å². The van der Waals surface area contributed by atoms with Gasteiger partial charge in [0, 0.05) is 41.3 Å². The lowest BCUT2D eigenvalue weighted by Gasteiger charge is -2.29. The van der Waals surface area contributed by atoms with Gasteiger partial charge in [-0.05, 0) is 50.1 Å². The number of fused-ring (bicyclic) bond motifs is 1. The molecule has 2 aliphatic heterocycles. The van der Waals surface area contributed by atoms with Crippen LogP contribution < -0.4 is 4.74 Å². The van der Waals surface area contributed by atoms with Crippen molar-refractivity contribution in [3.63, 3.8) is 0 Å². The second kappa shape index (κ2) is 8.87. The van der Waals surface area contributed by atoms with Crippen LogP contribution >= 0.6 is 11.8 Å². The van der Waals surface area contributed by atoms with Crippen LogP contribution in [0.1, 0.15) is 52.1 Å². The van der Waals surface area contributed by atoms with E-state index < -0.39 is 0 Å². The minimum atomic E-state index is -0.250. The SMILES string of the molecule is COc1ccc2c(c1)C(CC(=O)c1ccc(C(=O)N3CCSCC3)cc1)=NC(C)(C)C2. The van der Waals surface area contributed by atoms with E-state index in [0.29, 0.717) is 11.1 Å². The Kier molecular flexibility index (Phi) is 6.19. The largest absolute Gasteiger partial charge is 0.497 e. The van der Waals surface area contributed by atoms with Gasteiger partial charge in [0.15, 0.2) is 5.78 Å². The molecule has 0 unspecified atom stereocenters. The van der Waals surface area contributed by atoms with Crippen molar-refractivity contribution in [2.75, 3.05) is 31.7 Å². The Bertz CT molecular complexity index is 1020. The highest BCUT2D eigenvalue weighted by Gasteiger charge is 2.28. The number of nitrogens with zero attached hydrogens (tertiary/aromatic N) is 2. The van der Waals surface area contributed by atoms with Crippen LogP contribution in [0, 0.1) is 0 Å². The molecule has 0 aliphatic carbocycles. The summed E-state index contributed by atoms with van der Waals surface area (Å²) in [5.74, 6) is 2.76. The predicted molar refractivity (Wildman–Crippen MR) is 126 cm³/mol. The van der Waals surface area contributed by atoms with Crippen LogP contribution in [0.25, 0.3) is 0 Å². The zero-order valence-electron chi connectivity index (χ0n) is 18.3. The first-order valence-corrected chi connectivity index (χ1v) is 11.8. The Morgan fingerprint density at radius 3 is 2.42 bits per heavy atom. The van der Waals surface area contributed by atoms with Gasteiger partial charge in [-0.25, -0.2) is 0 Å². The molecule has 0 atom stereocenters. The molecule has 6 heteroatoms. The van der Waals surface area contributed by atoms with Gasteiger partial charge >= 0.3 is 0 Å². The first kappa shape index (κ1) is 21.6. The van der Waals surface area contributed by atoms with E-state index in [2.05, 4.69) is 19.9 Å². The number of amides is 1. The lowest BCUT2D eigenvalue weighted by molar-refractivity contribution is 0.0771. The van der Waals surface area contributed by atoms with Gasteiger partial charge in [0.25, 0.3) is 5.91 Å². The fraction of sp³-hybridized carbons (Fsp3) is 0.400. The zero-order chi connectivity index (χ0) is 22.0. The highest BCUT2D eigenvalue weighted by molar-refractivity contribution is 7.99. The van der Waals surface area contributed by atoms with Crippen LogP contribution in [-0.2, 0) is 6.42 Å². The third-order valence-corrected chi connectivity index (χ3v) is 6.71. The number of hydrogen-bond acceptors (Lipinski definition) is 5. The average molecular weight is 437 g/mol. The van der Waals surface area contributed by atoms with Crippen molar-refractivity contribution in [3.05, 3.63) is 64.7 Å². The summed E-state index contributed by atoms with van der Waals surface area (Å²) in [6.07, 6.45) is 1.05. The van der Waals surface area contributed by atoms with Crippen molar-refractivity contribution in [1.29, 1.82) is 0 Å². The highest BCUT2D eigenvalue weighted by Crippen LogP contribution is 2.31. The van der Waals surface area contributed by atoms with E-state index >= 15 is 0 Å². The van der Waals surface area contributed by atoms with Crippen LogP contribution in [0.4, 0.5) is 0 Å². The molecule has 0 bridgehead atoms. The predicted octanol–water partition coefficient (Wildman–Crippen LogP) is 4.28. The minimum absolute atomic E-state index is 0.00130. The quantitative estimate of drug-likeness (QED) is 0.657. The van der Waals surface area contributed by atoms with Crippen molar-refractivity contribution < 1.29 is 14.3 Å². The lowest BCUT2D eigenvalue weighted by Crippen LogP contribution is -2.37. The number of aliphatic imine (C=N–C) groups is 1. The van der Waals surface area contributed by atoms with Crippen molar-refractivity contribution in [3.8, 4) is 5.75 Å². The molecule has 0 radical (unpaired) electrons. The van der Waals surface area contributed by atoms with Gasteiger partial charge in [0.1, 0.15) is 5.75 Å². The number of ether oxygens (including phenoxy) is 1. The number of carbonyl (C=O) groups is 2. The maximum Gasteiger partial charge on any atom is 0.253 e. The van der Waals surface area contributed by atoms with Gasteiger partial charge < -0.3 is 9.64 Å². The first-order valence-electron chi connectivity index (χ1n) is 10.6. The Balaban J connectivity index is 1.52. The molecule has 31 heavy (non-hydrogen) atoms. The van der Waals surface area contributed by atoms with E-state index in [-0.39, 0.29) is 23.7 Å². The molecule has 4 rings (SSSR count). The first-order chi connectivity index (χ1) is 14.9. The minimum Gasteiger partial charge on any atom is -0.497 e. The third-order valence-electron chi connectivity index (χ3n) is 5.77. The van der Waals surface area contributed by atoms with E-state index in [9.17, 15) is 9.59 Å². The Morgan fingerprint density at radius 2 is 1.74 bits per heavy atom. The molecule has 5 nitrogen and oxygen atoms in total. The molecule has 0 spiro atoms. The van der Waals surface area contributed by atoms with Crippen molar-refractivity contribution in [2.24, 2.45) is 4.99 Å². The molecule has 0 N–H and O–H groups in total. The Morgan fingerprint density at radius 1 is 1.06 bits per heavy atom. The summed E-state index contributed by atoms with van der Waals surface area (Å²) >= 11 is 1.87. The monoisotopic (exact) mass is 436 g/mol. The molecule has 2 aliphatic rings. The maximum atomic E-state index is 13.1. The summed E-state index contributed by atoms with van der Waals surface area (Å²) < 4.78 is 5.38. The summed E-state index contributed by atoms with van der Waals surface area (Å²) in [7, 11) is 1.64. The molecule has 1 saturated heterocycles. The van der Waals surface area contributed by atoms with Crippen molar-refractivity contribution in [2.45, 2.75) is 32.2 Å². The maximum absolute atomic E-state index is 13.1. The molecular weight excluding hydrogens is 408 g/mol. The lowest BCUT2D eigenvalue weighted by atomic mass is 9.85. The molecule has 0 saturated carbocycles. The Hall–Kier alpha value is -2.60. The van der Waals surface area contributed by atoms with Crippen molar-refractivity contribution >= 4 is 29.2 Å². The third kappa shape index (κ3) is 4.85. The van der Waals surface area contributed by atoms with E-state index in [1.54, 1.807) is 31.4 Å². The number of ketones is 1. The second-order valence-corrected chi connectivity index (χ2v) is 9.88. The topological polar surface area (TPSA) is 59.0 Å². The second-order valence-electron chi connectivity index (χ2n) is 8.65. The molecule has 2 aromatic carbocycles. The average Bonchev–Trinajstić information content (AvgIpc) is 2.78. The summed E-state index contributed by atoms with van der Waals surface area (Å²) in [5, 5.41) is 0. The van der Waals surface area contributed by atoms with Gasteiger partial charge in [-0.1, -0.05) is 18.2 Å². The van der Waals surface area contributed by atoms with Crippen LogP contribution in [0.5, 0.6) is 5.75 Å². The fourth-order valence-electron chi connectivity index (χ4n) is 4.17. The van der Waals surface area contributed by atoms with Gasteiger partial charge in [-0.3, -0.25) is 14.6 Å². The van der Waals surface area contributed by atoms with Crippen LogP contribution in [0.3, 0.4) is 0 Å². The van der Waals surface area contributed by atoms with E-state index in [4.69, 9.17) is 9.73 Å². The molecule has 2 aromatic rings. The molecule has 0 aromatic heterocycles. The van der Waals surface area contributed by atoms with E-state index in [1.807, 2.05) is 28.8 Å². The van der Waals surface area contributed by atoms with Crippen molar-refractivity contribution in [1.82, 2.24) is 4.90 Å². The summed E-state index contributed by atoms with van der Waals surface area (Å²) in [4.78, 5) is 32.5. The molecule has 2 heterocycles. The summed E-state index contributed by atoms with van der Waals surface area (Å²) in [6, 6.07) is 13.0. The Labute approximate surface area is 187 Å². The highest BCUT2D eigenvalue weighted by atomic mass is 32.2. The van der Waals surface area contributed by atoms with E-state index in [0.717, 1.165) is 48.0 Å². The van der Waals surface area contributed by atoms with Crippen LogP contribution in [0.2, 0.25) is 0 Å². The number of benzene rings is 2. The van der Waals surface area contributed by atoms with Gasteiger partial charge in [-0.15, -0.1) is 0 Å². The standard InChI is InChI=1S/C25H28N2O3S/c1-25(2)16-19-8-9-20(30-3)14-21(19)22(26-25)15-23(28)17-4-6-18(7-5-17)24(29)27-10-12-31-13-11-27/h4-9,14H,10-13,15-16H2,1-3H3. The smallest absolute Gasteiger partial charge is 0.253 e. The molecule has 1 fully saturated rings. The molecule has 162 valence electrons. The summed E-state index contributed by atoms with van der Waals surface area (Å²) in [6.45, 7) is 5.74. The number of thioether (sulfide) groups is 1. The fourth-order valence-corrected chi connectivity index (χ4v) is 5.08. The molecule has 1 amide bonds.